The van der Waals surface area contributed by atoms with Crippen molar-refractivity contribution in [2.24, 2.45) is 0 Å². The third-order valence-corrected chi connectivity index (χ3v) is 7.22. The molecular weight excluding hydrogens is 408 g/mol. The number of amides is 1. The van der Waals surface area contributed by atoms with Gasteiger partial charge in [0.05, 0.1) is 4.90 Å². The van der Waals surface area contributed by atoms with E-state index in [0.717, 1.165) is 37.5 Å². The Morgan fingerprint density at radius 2 is 1.69 bits per heavy atom. The fraction of sp³-hybridized carbons (Fsp3) is 0.450. The molecule has 1 N–H and O–H groups in total. The van der Waals surface area contributed by atoms with Crippen LogP contribution < -0.4 is 5.32 Å². The number of thioether (sulfide) groups is 1. The number of carbonyl (C=O) groups excluding carboxylic acids is 1. The van der Waals surface area contributed by atoms with Gasteiger partial charge in [0.15, 0.2) is 5.16 Å². The molecule has 0 aliphatic rings. The van der Waals surface area contributed by atoms with E-state index in [4.69, 9.17) is 0 Å². The summed E-state index contributed by atoms with van der Waals surface area (Å²) in [6.07, 6.45) is 2.70. The number of anilines is 1. The molecule has 0 fully saturated rings. The van der Waals surface area contributed by atoms with Gasteiger partial charge in [0, 0.05) is 37.6 Å². The highest BCUT2D eigenvalue weighted by Crippen LogP contribution is 2.26. The molecule has 2 rings (SSSR count). The minimum atomic E-state index is -3.58. The van der Waals surface area contributed by atoms with Gasteiger partial charge in [-0.3, -0.25) is 4.79 Å². The highest BCUT2D eigenvalue weighted by molar-refractivity contribution is 7.98. The molecule has 0 spiro atoms. The Balaban J connectivity index is 2.21. The molecule has 9 heteroatoms. The van der Waals surface area contributed by atoms with E-state index >= 15 is 0 Å². The second kappa shape index (κ2) is 9.23. The Labute approximate surface area is 177 Å². The van der Waals surface area contributed by atoms with Crippen molar-refractivity contribution in [3.05, 3.63) is 40.2 Å². The van der Waals surface area contributed by atoms with Crippen LogP contribution in [0.1, 0.15) is 34.5 Å². The van der Waals surface area contributed by atoms with Gasteiger partial charge in [-0.25, -0.2) is 22.7 Å². The predicted molar refractivity (Wildman–Crippen MR) is 117 cm³/mol. The van der Waals surface area contributed by atoms with Gasteiger partial charge >= 0.3 is 0 Å². The first-order valence-electron chi connectivity index (χ1n) is 9.19. The maximum atomic E-state index is 12.6. The molecule has 1 heterocycles. The average molecular weight is 437 g/mol. The highest BCUT2D eigenvalue weighted by atomic mass is 32.2. The molecule has 0 saturated carbocycles. The number of rotatable bonds is 7. The van der Waals surface area contributed by atoms with Gasteiger partial charge in [0.2, 0.25) is 15.9 Å². The molecule has 1 amide bonds. The van der Waals surface area contributed by atoms with Gasteiger partial charge in [0.1, 0.15) is 0 Å². The van der Waals surface area contributed by atoms with Crippen LogP contribution in [0.5, 0.6) is 0 Å². The van der Waals surface area contributed by atoms with Crippen LogP contribution in [0, 0.1) is 27.7 Å². The lowest BCUT2D eigenvalue weighted by atomic mass is 10.1. The summed E-state index contributed by atoms with van der Waals surface area (Å²) in [5, 5.41) is 3.59. The van der Waals surface area contributed by atoms with E-state index in [2.05, 4.69) is 15.3 Å². The first kappa shape index (κ1) is 23.3. The Morgan fingerprint density at radius 3 is 2.21 bits per heavy atom. The van der Waals surface area contributed by atoms with Gasteiger partial charge < -0.3 is 5.32 Å². The molecule has 0 aliphatic carbocycles. The van der Waals surface area contributed by atoms with Crippen molar-refractivity contribution < 1.29 is 13.2 Å². The van der Waals surface area contributed by atoms with E-state index in [1.807, 2.05) is 34.0 Å². The third-order valence-electron chi connectivity index (χ3n) is 4.88. The van der Waals surface area contributed by atoms with Crippen LogP contribution in [-0.4, -0.2) is 48.9 Å². The smallest absolute Gasteiger partial charge is 0.242 e. The zero-order valence-electron chi connectivity index (χ0n) is 18.0. The van der Waals surface area contributed by atoms with Crippen molar-refractivity contribution in [1.29, 1.82) is 0 Å². The summed E-state index contributed by atoms with van der Waals surface area (Å²) in [6.45, 7) is 7.53. The maximum Gasteiger partial charge on any atom is 0.242 e. The van der Waals surface area contributed by atoms with Crippen LogP contribution in [0.4, 0.5) is 5.69 Å². The summed E-state index contributed by atoms with van der Waals surface area (Å²) in [4.78, 5) is 21.6. The summed E-state index contributed by atoms with van der Waals surface area (Å²) in [7, 11) is -0.616. The van der Waals surface area contributed by atoms with Crippen LogP contribution in [0.15, 0.2) is 22.2 Å². The minimum Gasteiger partial charge on any atom is -0.326 e. The lowest BCUT2D eigenvalue weighted by molar-refractivity contribution is -0.116. The molecule has 0 saturated heterocycles. The Morgan fingerprint density at radius 1 is 1.10 bits per heavy atom. The van der Waals surface area contributed by atoms with Crippen molar-refractivity contribution in [3.63, 3.8) is 0 Å². The van der Waals surface area contributed by atoms with E-state index in [0.29, 0.717) is 12.1 Å². The summed E-state index contributed by atoms with van der Waals surface area (Å²) < 4.78 is 26.1. The number of hydrogen-bond acceptors (Lipinski definition) is 6. The molecule has 2 aromatic rings. The van der Waals surface area contributed by atoms with Crippen LogP contribution in [-0.2, 0) is 21.2 Å². The van der Waals surface area contributed by atoms with Gasteiger partial charge in [-0.2, -0.15) is 0 Å². The van der Waals surface area contributed by atoms with Crippen molar-refractivity contribution >= 4 is 33.4 Å². The highest BCUT2D eigenvalue weighted by Gasteiger charge is 2.20. The number of hydrogen-bond donors (Lipinski definition) is 1. The molecule has 1 aromatic heterocycles. The SMILES string of the molecule is CSc1nc(C)c(CCC(=O)Nc2cc(S(=O)(=O)N(C)C)cc(C)c2C)c(C)n1. The van der Waals surface area contributed by atoms with Gasteiger partial charge in [-0.05, 0) is 69.2 Å². The normalized spacial score (nSPS) is 11.7. The Bertz CT molecular complexity index is 1010. The second-order valence-electron chi connectivity index (χ2n) is 7.11. The number of nitrogens with zero attached hydrogens (tertiary/aromatic N) is 3. The summed E-state index contributed by atoms with van der Waals surface area (Å²) in [5.74, 6) is -0.181. The standard InChI is InChI=1S/C20H28N4O3S2/c1-12-10-16(29(26,27)24(5)6)11-18(13(12)2)23-19(25)9-8-17-14(3)21-20(28-7)22-15(17)4/h10-11H,8-9H2,1-7H3,(H,23,25). The molecule has 29 heavy (non-hydrogen) atoms. The van der Waals surface area contributed by atoms with Gasteiger partial charge in [-0.15, -0.1) is 0 Å². The summed E-state index contributed by atoms with van der Waals surface area (Å²) >= 11 is 1.49. The Kier molecular flexibility index (Phi) is 7.42. The summed E-state index contributed by atoms with van der Waals surface area (Å²) in [5.41, 5.74) is 4.88. The molecule has 0 unspecified atom stereocenters. The zero-order chi connectivity index (χ0) is 21.9. The van der Waals surface area contributed by atoms with Crippen LogP contribution in [0.25, 0.3) is 0 Å². The Hall–Kier alpha value is -1.97. The van der Waals surface area contributed by atoms with Crippen LogP contribution in [0.2, 0.25) is 0 Å². The largest absolute Gasteiger partial charge is 0.326 e. The van der Waals surface area contributed by atoms with E-state index < -0.39 is 10.0 Å². The van der Waals surface area contributed by atoms with Crippen molar-refractivity contribution in [3.8, 4) is 0 Å². The topological polar surface area (TPSA) is 92.3 Å². The number of nitrogens with one attached hydrogen (secondary N) is 1. The molecule has 0 bridgehead atoms. The van der Waals surface area contributed by atoms with Gasteiger partial charge in [0.25, 0.3) is 0 Å². The van der Waals surface area contributed by atoms with Crippen LogP contribution in [0.3, 0.4) is 0 Å². The lowest BCUT2D eigenvalue weighted by Gasteiger charge is -2.16. The van der Waals surface area contributed by atoms with E-state index in [1.165, 1.54) is 31.9 Å². The van der Waals surface area contributed by atoms with E-state index in [9.17, 15) is 13.2 Å². The number of aryl methyl sites for hydroxylation is 3. The van der Waals surface area contributed by atoms with Gasteiger partial charge in [-0.1, -0.05) is 11.8 Å². The summed E-state index contributed by atoms with van der Waals surface area (Å²) in [6, 6.07) is 3.14. The number of sulfonamides is 1. The van der Waals surface area contributed by atoms with E-state index in [-0.39, 0.29) is 17.2 Å². The maximum absolute atomic E-state index is 12.6. The molecule has 7 nitrogen and oxygen atoms in total. The lowest BCUT2D eigenvalue weighted by Crippen LogP contribution is -2.23. The predicted octanol–water partition coefficient (Wildman–Crippen LogP) is 3.25. The first-order valence-corrected chi connectivity index (χ1v) is 11.9. The van der Waals surface area contributed by atoms with Crippen molar-refractivity contribution in [1.82, 2.24) is 14.3 Å². The molecule has 0 radical (unpaired) electrons. The molecular formula is C20H28N4O3S2. The third kappa shape index (κ3) is 5.34. The van der Waals surface area contributed by atoms with Crippen LogP contribution >= 0.6 is 11.8 Å². The molecule has 0 aliphatic heterocycles. The average Bonchev–Trinajstić information content (AvgIpc) is 2.64. The van der Waals surface area contributed by atoms with Crippen molar-refractivity contribution in [2.75, 3.05) is 25.7 Å². The fourth-order valence-corrected chi connectivity index (χ4v) is 4.40. The zero-order valence-corrected chi connectivity index (χ0v) is 19.6. The molecule has 158 valence electrons. The minimum absolute atomic E-state index is 0.161. The second-order valence-corrected chi connectivity index (χ2v) is 10.0. The number of benzene rings is 1. The number of carbonyl (C=O) groups is 1. The van der Waals surface area contributed by atoms with Crippen molar-refractivity contribution in [2.45, 2.75) is 50.6 Å². The molecule has 1 aromatic carbocycles. The quantitative estimate of drug-likeness (QED) is 0.529. The molecule has 0 atom stereocenters. The fourth-order valence-electron chi connectivity index (χ4n) is 2.93. The number of aromatic nitrogens is 2. The first-order chi connectivity index (χ1) is 13.5. The monoisotopic (exact) mass is 436 g/mol. The van der Waals surface area contributed by atoms with E-state index in [1.54, 1.807) is 6.07 Å².